The molecule has 0 fully saturated rings. The zero-order chi connectivity index (χ0) is 13.7. The Balaban J connectivity index is 2.14. The summed E-state index contributed by atoms with van der Waals surface area (Å²) in [4.78, 5) is 12.3. The number of aryl methyl sites for hydroxylation is 1. The van der Waals surface area contributed by atoms with E-state index >= 15 is 0 Å². The van der Waals surface area contributed by atoms with Crippen LogP contribution >= 0.6 is 0 Å². The van der Waals surface area contributed by atoms with E-state index in [0.717, 1.165) is 18.4 Å². The molecule has 1 amide bonds. The highest BCUT2D eigenvalue weighted by atomic mass is 16.2. The second kappa shape index (κ2) is 6.23. The molecule has 1 N–H and O–H groups in total. The quantitative estimate of drug-likeness (QED) is 0.875. The van der Waals surface area contributed by atoms with Gasteiger partial charge in [-0.05, 0) is 24.1 Å². The zero-order valence-electron chi connectivity index (χ0n) is 11.5. The molecule has 0 aliphatic heterocycles. The average molecular weight is 256 g/mol. The third-order valence-electron chi connectivity index (χ3n) is 3.26. The van der Waals surface area contributed by atoms with E-state index in [0.29, 0.717) is 5.69 Å². The Morgan fingerprint density at radius 1 is 1.21 bits per heavy atom. The minimum Gasteiger partial charge on any atom is -0.347 e. The zero-order valence-corrected chi connectivity index (χ0v) is 11.5. The van der Waals surface area contributed by atoms with Crippen molar-refractivity contribution in [2.75, 3.05) is 0 Å². The standard InChI is InChI=1S/C16H20N2O/c1-3-8-14(13-9-5-4-6-10-13)17-16(19)15-11-7-12-18(15)2/h4-7,9-12,14H,3,8H2,1-2H3,(H,17,19). The normalized spacial score (nSPS) is 12.1. The first-order valence-corrected chi connectivity index (χ1v) is 6.69. The van der Waals surface area contributed by atoms with Gasteiger partial charge in [-0.25, -0.2) is 0 Å². The molecule has 100 valence electrons. The summed E-state index contributed by atoms with van der Waals surface area (Å²) in [5, 5.41) is 3.12. The molecule has 0 spiro atoms. The third-order valence-corrected chi connectivity index (χ3v) is 3.26. The van der Waals surface area contributed by atoms with E-state index < -0.39 is 0 Å². The van der Waals surface area contributed by atoms with Gasteiger partial charge in [0.05, 0.1) is 6.04 Å². The summed E-state index contributed by atoms with van der Waals surface area (Å²) in [6.07, 6.45) is 3.86. The minimum atomic E-state index is -0.0187. The SMILES string of the molecule is CCCC(NC(=O)c1cccn1C)c1ccccc1. The molecule has 19 heavy (non-hydrogen) atoms. The molecule has 1 atom stereocenters. The van der Waals surface area contributed by atoms with Crippen molar-refractivity contribution in [2.24, 2.45) is 7.05 Å². The van der Waals surface area contributed by atoms with Crippen molar-refractivity contribution in [3.8, 4) is 0 Å². The van der Waals surface area contributed by atoms with Crippen molar-refractivity contribution in [1.82, 2.24) is 9.88 Å². The molecule has 0 saturated carbocycles. The molecule has 3 nitrogen and oxygen atoms in total. The van der Waals surface area contributed by atoms with E-state index in [1.807, 2.05) is 48.1 Å². The van der Waals surface area contributed by atoms with E-state index in [4.69, 9.17) is 0 Å². The van der Waals surface area contributed by atoms with Gasteiger partial charge in [0, 0.05) is 13.2 Å². The lowest BCUT2D eigenvalue weighted by atomic mass is 10.0. The number of rotatable bonds is 5. The van der Waals surface area contributed by atoms with Crippen LogP contribution in [0.4, 0.5) is 0 Å². The number of carbonyl (C=O) groups is 1. The molecule has 1 heterocycles. The Bertz CT molecular complexity index is 531. The van der Waals surface area contributed by atoms with Crippen LogP contribution in [0.1, 0.15) is 41.9 Å². The average Bonchev–Trinajstić information content (AvgIpc) is 2.85. The van der Waals surface area contributed by atoms with E-state index in [9.17, 15) is 4.79 Å². The van der Waals surface area contributed by atoms with Crippen LogP contribution in [0.2, 0.25) is 0 Å². The van der Waals surface area contributed by atoms with Crippen LogP contribution in [0.15, 0.2) is 48.7 Å². The maximum Gasteiger partial charge on any atom is 0.268 e. The lowest BCUT2D eigenvalue weighted by molar-refractivity contribution is 0.0926. The molecular formula is C16H20N2O. The highest BCUT2D eigenvalue weighted by Gasteiger charge is 2.16. The molecule has 2 rings (SSSR count). The van der Waals surface area contributed by atoms with E-state index in [1.54, 1.807) is 0 Å². The predicted molar refractivity (Wildman–Crippen MR) is 77.0 cm³/mol. The predicted octanol–water partition coefficient (Wildman–Crippen LogP) is 3.30. The number of hydrogen-bond acceptors (Lipinski definition) is 1. The largest absolute Gasteiger partial charge is 0.347 e. The fourth-order valence-corrected chi connectivity index (χ4v) is 2.23. The number of nitrogens with zero attached hydrogens (tertiary/aromatic N) is 1. The van der Waals surface area contributed by atoms with Crippen LogP contribution in [-0.2, 0) is 7.05 Å². The van der Waals surface area contributed by atoms with E-state index in [1.165, 1.54) is 0 Å². The summed E-state index contributed by atoms with van der Waals surface area (Å²) in [6, 6.07) is 13.9. The molecule has 1 unspecified atom stereocenters. The molecule has 1 aromatic heterocycles. The fraction of sp³-hybridized carbons (Fsp3) is 0.312. The summed E-state index contributed by atoms with van der Waals surface area (Å²) < 4.78 is 1.84. The van der Waals surface area contributed by atoms with Crippen LogP contribution < -0.4 is 5.32 Å². The maximum atomic E-state index is 12.3. The molecule has 3 heteroatoms. The van der Waals surface area contributed by atoms with Gasteiger partial charge in [0.2, 0.25) is 0 Å². The molecule has 0 aliphatic carbocycles. The van der Waals surface area contributed by atoms with Crippen molar-refractivity contribution in [1.29, 1.82) is 0 Å². The first-order valence-electron chi connectivity index (χ1n) is 6.69. The number of aromatic nitrogens is 1. The van der Waals surface area contributed by atoms with Gasteiger partial charge in [-0.3, -0.25) is 4.79 Å². The monoisotopic (exact) mass is 256 g/mol. The summed E-state index contributed by atoms with van der Waals surface area (Å²) in [7, 11) is 1.88. The van der Waals surface area contributed by atoms with Crippen LogP contribution in [0, 0.1) is 0 Å². The van der Waals surface area contributed by atoms with Crippen LogP contribution in [0.5, 0.6) is 0 Å². The molecule has 2 aromatic rings. The van der Waals surface area contributed by atoms with Gasteiger partial charge in [-0.2, -0.15) is 0 Å². The fourth-order valence-electron chi connectivity index (χ4n) is 2.23. The van der Waals surface area contributed by atoms with Gasteiger partial charge in [0.15, 0.2) is 0 Å². The lowest BCUT2D eigenvalue weighted by Crippen LogP contribution is -2.29. The number of nitrogens with one attached hydrogen (secondary N) is 1. The Morgan fingerprint density at radius 3 is 2.53 bits per heavy atom. The summed E-state index contributed by atoms with van der Waals surface area (Å²) in [5.41, 5.74) is 1.85. The minimum absolute atomic E-state index is 0.0187. The molecule has 0 aliphatic rings. The maximum absolute atomic E-state index is 12.3. The van der Waals surface area contributed by atoms with Gasteiger partial charge in [0.1, 0.15) is 5.69 Å². The number of carbonyl (C=O) groups excluding carboxylic acids is 1. The van der Waals surface area contributed by atoms with Gasteiger partial charge in [-0.1, -0.05) is 43.7 Å². The lowest BCUT2D eigenvalue weighted by Gasteiger charge is -2.18. The number of hydrogen-bond donors (Lipinski definition) is 1. The van der Waals surface area contributed by atoms with Gasteiger partial charge in [0.25, 0.3) is 5.91 Å². The van der Waals surface area contributed by atoms with Gasteiger partial charge >= 0.3 is 0 Å². The Kier molecular flexibility index (Phi) is 4.39. The summed E-state index contributed by atoms with van der Waals surface area (Å²) >= 11 is 0. The summed E-state index contributed by atoms with van der Waals surface area (Å²) in [5.74, 6) is -0.0187. The third kappa shape index (κ3) is 3.25. The second-order valence-corrected chi connectivity index (χ2v) is 4.73. The molecule has 0 radical (unpaired) electrons. The van der Waals surface area contributed by atoms with E-state index in [2.05, 4.69) is 24.4 Å². The first-order chi connectivity index (χ1) is 9.22. The Morgan fingerprint density at radius 2 is 1.95 bits per heavy atom. The second-order valence-electron chi connectivity index (χ2n) is 4.73. The summed E-state index contributed by atoms with van der Waals surface area (Å²) in [6.45, 7) is 2.13. The van der Waals surface area contributed by atoms with Crippen molar-refractivity contribution in [2.45, 2.75) is 25.8 Å². The van der Waals surface area contributed by atoms with Crippen molar-refractivity contribution >= 4 is 5.91 Å². The molecule has 1 aromatic carbocycles. The Hall–Kier alpha value is -2.03. The van der Waals surface area contributed by atoms with Crippen LogP contribution in [-0.4, -0.2) is 10.5 Å². The number of amides is 1. The highest BCUT2D eigenvalue weighted by Crippen LogP contribution is 2.18. The van der Waals surface area contributed by atoms with E-state index in [-0.39, 0.29) is 11.9 Å². The topological polar surface area (TPSA) is 34.0 Å². The van der Waals surface area contributed by atoms with Crippen molar-refractivity contribution in [3.63, 3.8) is 0 Å². The van der Waals surface area contributed by atoms with Gasteiger partial charge in [-0.15, -0.1) is 0 Å². The number of benzene rings is 1. The molecule has 0 bridgehead atoms. The van der Waals surface area contributed by atoms with Crippen LogP contribution in [0.25, 0.3) is 0 Å². The van der Waals surface area contributed by atoms with Crippen LogP contribution in [0.3, 0.4) is 0 Å². The molecular weight excluding hydrogens is 236 g/mol. The van der Waals surface area contributed by atoms with Crippen molar-refractivity contribution < 1.29 is 4.79 Å². The highest BCUT2D eigenvalue weighted by molar-refractivity contribution is 5.93. The Labute approximate surface area is 114 Å². The smallest absolute Gasteiger partial charge is 0.268 e. The molecule has 0 saturated heterocycles. The van der Waals surface area contributed by atoms with Crippen molar-refractivity contribution in [3.05, 3.63) is 59.9 Å². The first kappa shape index (κ1) is 13.4. The van der Waals surface area contributed by atoms with Gasteiger partial charge < -0.3 is 9.88 Å².